The first-order valence-electron chi connectivity index (χ1n) is 4.76. The summed E-state index contributed by atoms with van der Waals surface area (Å²) < 4.78 is 16.0. The van der Waals surface area contributed by atoms with Crippen LogP contribution >= 0.6 is 28.6 Å². The molecular formula is C10H4Cl2N3O4P. The number of nitro benzene ring substituents is 1. The molecule has 20 heavy (non-hydrogen) atoms. The second kappa shape index (κ2) is 6.40. The van der Waals surface area contributed by atoms with Crippen LogP contribution in [0.15, 0.2) is 29.8 Å². The first-order chi connectivity index (χ1) is 9.28. The number of halogens is 2. The minimum absolute atomic E-state index is 0.107. The molecule has 0 radical (unpaired) electrons. The molecular weight excluding hydrogens is 328 g/mol. The summed E-state index contributed by atoms with van der Waals surface area (Å²) in [5.41, 5.74) is -0.612. The van der Waals surface area contributed by atoms with E-state index in [-0.39, 0.29) is 11.3 Å². The van der Waals surface area contributed by atoms with Crippen molar-refractivity contribution in [1.82, 2.24) is 0 Å². The van der Waals surface area contributed by atoms with E-state index in [1.807, 2.05) is 0 Å². The van der Waals surface area contributed by atoms with Gasteiger partial charge in [0.1, 0.15) is 12.1 Å². The number of nitro groups is 1. The second-order valence-electron chi connectivity index (χ2n) is 3.24. The Morgan fingerprint density at radius 1 is 1.25 bits per heavy atom. The second-order valence-corrected chi connectivity index (χ2v) is 7.44. The Balaban J connectivity index is 3.37. The van der Waals surface area contributed by atoms with Crippen molar-refractivity contribution in [3.05, 3.63) is 45.5 Å². The summed E-state index contributed by atoms with van der Waals surface area (Å²) in [6, 6.07) is 7.74. The summed E-state index contributed by atoms with van der Waals surface area (Å²) in [6.07, 6.45) is -4.05. The fraction of sp³-hybridized carbons (Fsp3) is 0. The third-order valence-corrected chi connectivity index (χ3v) is 2.80. The minimum Gasteiger partial charge on any atom is -0.419 e. The lowest BCUT2D eigenvalue weighted by atomic mass is 10.1. The molecule has 0 N–H and O–H groups in total. The van der Waals surface area contributed by atoms with Gasteiger partial charge in [0.2, 0.25) is 0 Å². The van der Waals surface area contributed by atoms with Crippen molar-refractivity contribution in [1.29, 1.82) is 10.5 Å². The molecule has 0 aliphatic rings. The lowest BCUT2D eigenvalue weighted by Gasteiger charge is -2.10. The molecule has 0 aliphatic heterocycles. The molecule has 1 aromatic rings. The number of nitriles is 2. The van der Waals surface area contributed by atoms with Gasteiger partial charge < -0.3 is 4.52 Å². The van der Waals surface area contributed by atoms with Crippen LogP contribution < -0.4 is 0 Å². The molecule has 0 unspecified atom stereocenters. The molecule has 0 bridgehead atoms. The predicted molar refractivity (Wildman–Crippen MR) is 71.6 cm³/mol. The Hall–Kier alpha value is -2.05. The average Bonchev–Trinajstić information content (AvgIpc) is 2.37. The molecule has 0 amide bonds. The van der Waals surface area contributed by atoms with E-state index in [9.17, 15) is 14.7 Å². The molecule has 0 saturated carbocycles. The zero-order chi connectivity index (χ0) is 15.3. The van der Waals surface area contributed by atoms with Crippen LogP contribution in [-0.4, -0.2) is 4.92 Å². The smallest absolute Gasteiger partial charge is 0.419 e. The minimum atomic E-state index is -4.05. The molecule has 0 fully saturated rings. The molecule has 1 aromatic carbocycles. The van der Waals surface area contributed by atoms with Crippen molar-refractivity contribution in [2.45, 2.75) is 0 Å². The van der Waals surface area contributed by atoms with Crippen LogP contribution in [0.1, 0.15) is 5.56 Å². The van der Waals surface area contributed by atoms with Crippen LogP contribution in [0.4, 0.5) is 5.69 Å². The highest BCUT2D eigenvalue weighted by Gasteiger charge is 2.23. The van der Waals surface area contributed by atoms with Crippen LogP contribution in [0.2, 0.25) is 0 Å². The summed E-state index contributed by atoms with van der Waals surface area (Å²) in [6.45, 7) is 0. The Bertz CT molecular complexity index is 681. The van der Waals surface area contributed by atoms with Gasteiger partial charge in [0, 0.05) is 40.2 Å². The van der Waals surface area contributed by atoms with E-state index in [0.717, 1.165) is 12.1 Å². The maximum atomic E-state index is 11.3. The zero-order valence-corrected chi connectivity index (χ0v) is 11.9. The molecule has 102 valence electrons. The van der Waals surface area contributed by atoms with E-state index in [4.69, 9.17) is 37.5 Å². The topological polar surface area (TPSA) is 117 Å². The van der Waals surface area contributed by atoms with Gasteiger partial charge in [0.05, 0.1) is 4.92 Å². The van der Waals surface area contributed by atoms with Gasteiger partial charge in [-0.3, -0.25) is 10.1 Å². The van der Waals surface area contributed by atoms with Crippen molar-refractivity contribution < 1.29 is 14.0 Å². The highest BCUT2D eigenvalue weighted by atomic mass is 35.9. The number of non-ortho nitro benzene ring substituents is 1. The summed E-state index contributed by atoms with van der Waals surface area (Å²) in [7, 11) is 0. The zero-order valence-electron chi connectivity index (χ0n) is 9.49. The number of rotatable bonds is 4. The summed E-state index contributed by atoms with van der Waals surface area (Å²) >= 11 is 10.5. The molecule has 0 aromatic heterocycles. The summed E-state index contributed by atoms with van der Waals surface area (Å²) in [5, 5.41) is 28.1. The number of hydrogen-bond acceptors (Lipinski definition) is 6. The van der Waals surface area contributed by atoms with Crippen LogP contribution in [0.3, 0.4) is 0 Å². The molecule has 0 atom stereocenters. The number of benzene rings is 1. The number of nitrogens with zero attached hydrogens (tertiary/aromatic N) is 3. The molecule has 10 heteroatoms. The van der Waals surface area contributed by atoms with Crippen molar-refractivity contribution in [2.75, 3.05) is 0 Å². The molecule has 0 heterocycles. The van der Waals surface area contributed by atoms with Crippen LogP contribution in [0, 0.1) is 32.8 Å². The highest BCUT2D eigenvalue weighted by Crippen LogP contribution is 2.60. The highest BCUT2D eigenvalue weighted by molar-refractivity contribution is 8.05. The van der Waals surface area contributed by atoms with Crippen LogP contribution in [-0.2, 0) is 9.09 Å². The third kappa shape index (κ3) is 4.25. The Morgan fingerprint density at radius 3 is 2.10 bits per heavy atom. The Labute approximate surface area is 122 Å². The summed E-state index contributed by atoms with van der Waals surface area (Å²) in [4.78, 5) is 9.90. The van der Waals surface area contributed by atoms with E-state index >= 15 is 0 Å². The SMILES string of the molecule is N#CC(C#N)=C(OP(=O)(Cl)Cl)c1ccc([N+](=O)[O-])cc1. The Kier molecular flexibility index (Phi) is 5.12. The van der Waals surface area contributed by atoms with Gasteiger partial charge in [-0.1, -0.05) is 0 Å². The lowest BCUT2D eigenvalue weighted by Crippen LogP contribution is -1.93. The van der Waals surface area contributed by atoms with E-state index in [2.05, 4.69) is 0 Å². The first-order valence-corrected chi connectivity index (χ1v) is 8.20. The average molecular weight is 332 g/mol. The molecule has 0 aliphatic carbocycles. The molecule has 1 rings (SSSR count). The largest absolute Gasteiger partial charge is 0.428 e. The molecule has 7 nitrogen and oxygen atoms in total. The third-order valence-electron chi connectivity index (χ3n) is 1.99. The predicted octanol–water partition coefficient (Wildman–Crippen LogP) is 3.96. The standard InChI is InChI=1S/C10H4Cl2N3O4P/c11-20(12,18)19-10(8(5-13)6-14)7-1-3-9(4-2-7)15(16)17/h1-4H. The van der Waals surface area contributed by atoms with Crippen molar-refractivity contribution in [3.63, 3.8) is 0 Å². The summed E-state index contributed by atoms with van der Waals surface area (Å²) in [5.74, 6) is -0.404. The fourth-order valence-corrected chi connectivity index (χ4v) is 2.03. The van der Waals surface area contributed by atoms with Gasteiger partial charge in [-0.05, 0) is 12.1 Å². The molecule has 0 saturated heterocycles. The van der Waals surface area contributed by atoms with Gasteiger partial charge >= 0.3 is 6.07 Å². The monoisotopic (exact) mass is 331 g/mol. The van der Waals surface area contributed by atoms with E-state index < -0.39 is 22.3 Å². The Morgan fingerprint density at radius 2 is 1.75 bits per heavy atom. The van der Waals surface area contributed by atoms with E-state index in [1.54, 1.807) is 0 Å². The van der Waals surface area contributed by atoms with Crippen molar-refractivity contribution in [2.24, 2.45) is 0 Å². The van der Waals surface area contributed by atoms with Gasteiger partial charge in [-0.15, -0.1) is 0 Å². The van der Waals surface area contributed by atoms with E-state index in [0.29, 0.717) is 0 Å². The van der Waals surface area contributed by atoms with E-state index in [1.165, 1.54) is 24.3 Å². The van der Waals surface area contributed by atoms with Crippen molar-refractivity contribution >= 4 is 40.0 Å². The van der Waals surface area contributed by atoms with Crippen LogP contribution in [0.25, 0.3) is 5.76 Å². The fourth-order valence-electron chi connectivity index (χ4n) is 1.21. The maximum absolute atomic E-state index is 11.3. The van der Waals surface area contributed by atoms with Crippen LogP contribution in [0.5, 0.6) is 0 Å². The molecule has 0 spiro atoms. The van der Waals surface area contributed by atoms with Gasteiger partial charge in [0.15, 0.2) is 11.3 Å². The quantitative estimate of drug-likeness (QED) is 0.271. The van der Waals surface area contributed by atoms with Gasteiger partial charge in [-0.25, -0.2) is 4.57 Å². The van der Waals surface area contributed by atoms with Gasteiger partial charge in [0.25, 0.3) is 5.69 Å². The lowest BCUT2D eigenvalue weighted by molar-refractivity contribution is -0.384. The normalized spacial score (nSPS) is 10.0. The first kappa shape index (κ1) is 16.0. The number of hydrogen-bond donors (Lipinski definition) is 0. The van der Waals surface area contributed by atoms with Crippen molar-refractivity contribution in [3.8, 4) is 12.1 Å². The maximum Gasteiger partial charge on any atom is 0.428 e. The number of allylic oxidation sites excluding steroid dienone is 1. The van der Waals surface area contributed by atoms with Gasteiger partial charge in [-0.2, -0.15) is 10.5 Å².